The minimum Gasteiger partial charge on any atom is -0.319 e. The molecule has 1 aromatic heterocycles. The maximum absolute atomic E-state index is 12.7. The van der Waals surface area contributed by atoms with Gasteiger partial charge in [0.25, 0.3) is 5.91 Å². The second kappa shape index (κ2) is 8.19. The highest BCUT2D eigenvalue weighted by atomic mass is 35.5. The van der Waals surface area contributed by atoms with Crippen molar-refractivity contribution in [2.45, 2.75) is 6.92 Å². The molecule has 0 aliphatic rings. The summed E-state index contributed by atoms with van der Waals surface area (Å²) in [6.07, 6.45) is 0. The molecule has 0 N–H and O–H groups in total. The first-order valence-electron chi connectivity index (χ1n) is 9.20. The third kappa shape index (κ3) is 4.09. The van der Waals surface area contributed by atoms with Gasteiger partial charge in [-0.25, -0.2) is 0 Å². The molecule has 0 saturated carbocycles. The molecule has 0 atom stereocenters. The van der Waals surface area contributed by atoms with Crippen LogP contribution in [0.15, 0.2) is 83.9 Å². The van der Waals surface area contributed by atoms with Gasteiger partial charge in [-0.3, -0.25) is 4.79 Å². The molecule has 0 aliphatic carbocycles. The normalized spacial score (nSPS) is 11.6. The monoisotopic (exact) mass is 418 g/mol. The zero-order chi connectivity index (χ0) is 20.4. The van der Waals surface area contributed by atoms with E-state index in [1.165, 1.54) is 16.9 Å². The van der Waals surface area contributed by atoms with E-state index in [-0.39, 0.29) is 5.91 Å². The summed E-state index contributed by atoms with van der Waals surface area (Å²) >= 11 is 7.54. The van der Waals surface area contributed by atoms with Gasteiger partial charge in [0.05, 0.1) is 10.6 Å². The van der Waals surface area contributed by atoms with E-state index in [9.17, 15) is 4.79 Å². The van der Waals surface area contributed by atoms with Crippen LogP contribution in [0.25, 0.3) is 21.7 Å². The van der Waals surface area contributed by atoms with Gasteiger partial charge in [-0.1, -0.05) is 89.2 Å². The summed E-state index contributed by atoms with van der Waals surface area (Å²) in [7, 11) is 1.95. The van der Waals surface area contributed by atoms with Gasteiger partial charge in [0.1, 0.15) is 0 Å². The van der Waals surface area contributed by atoms with Gasteiger partial charge in [0.15, 0.2) is 4.80 Å². The second-order valence-electron chi connectivity index (χ2n) is 6.78. The van der Waals surface area contributed by atoms with Crippen molar-refractivity contribution < 1.29 is 4.79 Å². The number of benzene rings is 3. The molecule has 0 bridgehead atoms. The number of carbonyl (C=O) groups is 1. The van der Waals surface area contributed by atoms with Crippen molar-refractivity contribution in [2.75, 3.05) is 0 Å². The molecule has 5 heteroatoms. The molecular formula is C24H19ClN2OS. The van der Waals surface area contributed by atoms with Gasteiger partial charge in [-0.15, -0.1) is 0 Å². The minimum absolute atomic E-state index is 0.306. The van der Waals surface area contributed by atoms with E-state index >= 15 is 0 Å². The van der Waals surface area contributed by atoms with E-state index in [4.69, 9.17) is 11.6 Å². The Morgan fingerprint density at radius 1 is 0.931 bits per heavy atom. The number of nitrogens with zero attached hydrogens (tertiary/aromatic N) is 2. The van der Waals surface area contributed by atoms with Crippen molar-refractivity contribution in [3.05, 3.63) is 99.8 Å². The highest BCUT2D eigenvalue weighted by molar-refractivity contribution is 7.13. The van der Waals surface area contributed by atoms with Crippen molar-refractivity contribution in [1.82, 2.24) is 4.57 Å². The molecule has 4 aromatic rings. The summed E-state index contributed by atoms with van der Waals surface area (Å²) in [4.78, 5) is 18.8. The zero-order valence-electron chi connectivity index (χ0n) is 16.1. The third-order valence-electron chi connectivity index (χ3n) is 4.66. The van der Waals surface area contributed by atoms with Crippen LogP contribution in [-0.2, 0) is 7.05 Å². The van der Waals surface area contributed by atoms with Crippen molar-refractivity contribution in [2.24, 2.45) is 12.0 Å². The predicted octanol–water partition coefficient (Wildman–Crippen LogP) is 6.12. The third-order valence-corrected chi connectivity index (χ3v) is 6.08. The van der Waals surface area contributed by atoms with Crippen LogP contribution >= 0.6 is 22.9 Å². The largest absolute Gasteiger partial charge is 0.319 e. The number of hydrogen-bond acceptors (Lipinski definition) is 2. The second-order valence-corrected chi connectivity index (χ2v) is 8.19. The summed E-state index contributed by atoms with van der Waals surface area (Å²) in [5.41, 5.74) is 4.90. The predicted molar refractivity (Wildman–Crippen MR) is 120 cm³/mol. The van der Waals surface area contributed by atoms with E-state index < -0.39 is 0 Å². The Kier molecular flexibility index (Phi) is 5.47. The summed E-state index contributed by atoms with van der Waals surface area (Å²) < 4.78 is 1.99. The molecule has 0 unspecified atom stereocenters. The van der Waals surface area contributed by atoms with Crippen LogP contribution < -0.4 is 4.80 Å². The molecule has 0 radical (unpaired) electrons. The quantitative estimate of drug-likeness (QED) is 0.394. The van der Waals surface area contributed by atoms with E-state index in [0.717, 1.165) is 21.7 Å². The summed E-state index contributed by atoms with van der Waals surface area (Å²) in [5, 5.41) is 0.520. The van der Waals surface area contributed by atoms with Crippen molar-refractivity contribution in [1.29, 1.82) is 0 Å². The van der Waals surface area contributed by atoms with Gasteiger partial charge < -0.3 is 4.57 Å². The average Bonchev–Trinajstić information content (AvgIpc) is 3.05. The number of halogens is 1. The van der Waals surface area contributed by atoms with Crippen molar-refractivity contribution in [3.8, 4) is 21.7 Å². The highest BCUT2D eigenvalue weighted by Crippen LogP contribution is 2.34. The molecule has 0 aliphatic heterocycles. The van der Waals surface area contributed by atoms with E-state index in [1.807, 2.05) is 29.8 Å². The number of rotatable bonds is 3. The average molecular weight is 419 g/mol. The Hall–Kier alpha value is -2.95. The van der Waals surface area contributed by atoms with Crippen LogP contribution in [0.3, 0.4) is 0 Å². The van der Waals surface area contributed by atoms with Crippen LogP contribution in [0, 0.1) is 6.92 Å². The molecular weight excluding hydrogens is 400 g/mol. The summed E-state index contributed by atoms with van der Waals surface area (Å²) in [6.45, 7) is 2.07. The van der Waals surface area contributed by atoms with Crippen LogP contribution in [0.5, 0.6) is 0 Å². The Morgan fingerprint density at radius 3 is 2.34 bits per heavy atom. The standard InChI is InChI=1S/C24H19ClN2OS/c1-16-11-13-17(14-12-16)21-22(18-7-4-3-5-8-18)29-24(27(21)2)26-23(28)19-9-6-10-20(25)15-19/h3-15H,1-2H3. The molecule has 3 aromatic carbocycles. The van der Waals surface area contributed by atoms with Gasteiger partial charge >= 0.3 is 0 Å². The lowest BCUT2D eigenvalue weighted by molar-refractivity contribution is 0.0998. The van der Waals surface area contributed by atoms with Gasteiger partial charge in [-0.05, 0) is 36.2 Å². The molecule has 0 fully saturated rings. The lowest BCUT2D eigenvalue weighted by Crippen LogP contribution is -2.14. The number of aryl methyl sites for hydroxylation is 1. The lowest BCUT2D eigenvalue weighted by Gasteiger charge is -2.08. The Morgan fingerprint density at radius 2 is 1.66 bits per heavy atom. The number of hydrogen-bond donors (Lipinski definition) is 0. The fourth-order valence-electron chi connectivity index (χ4n) is 3.15. The summed E-state index contributed by atoms with van der Waals surface area (Å²) in [6, 6.07) is 25.4. The van der Waals surface area contributed by atoms with Crippen LogP contribution in [0.2, 0.25) is 5.02 Å². The van der Waals surface area contributed by atoms with Gasteiger partial charge in [0.2, 0.25) is 0 Å². The topological polar surface area (TPSA) is 34.4 Å². The van der Waals surface area contributed by atoms with E-state index in [0.29, 0.717) is 15.4 Å². The molecule has 3 nitrogen and oxygen atoms in total. The smallest absolute Gasteiger partial charge is 0.279 e. The fourth-order valence-corrected chi connectivity index (χ4v) is 4.48. The SMILES string of the molecule is Cc1ccc(-c2c(-c3ccccc3)sc(=NC(=O)c3cccc(Cl)c3)n2C)cc1. The number of carbonyl (C=O) groups excluding carboxylic acids is 1. The molecule has 1 amide bonds. The van der Waals surface area contributed by atoms with E-state index in [1.54, 1.807) is 24.3 Å². The zero-order valence-corrected chi connectivity index (χ0v) is 17.7. The van der Waals surface area contributed by atoms with Gasteiger partial charge in [-0.2, -0.15) is 4.99 Å². The molecule has 0 saturated heterocycles. The van der Waals surface area contributed by atoms with Crippen LogP contribution in [-0.4, -0.2) is 10.5 Å². The molecule has 0 spiro atoms. The van der Waals surface area contributed by atoms with Crippen molar-refractivity contribution in [3.63, 3.8) is 0 Å². The van der Waals surface area contributed by atoms with Crippen LogP contribution in [0.4, 0.5) is 0 Å². The number of thiazole rings is 1. The van der Waals surface area contributed by atoms with E-state index in [2.05, 4.69) is 48.3 Å². The molecule has 1 heterocycles. The van der Waals surface area contributed by atoms with Crippen molar-refractivity contribution >= 4 is 28.8 Å². The Balaban J connectivity index is 1.90. The highest BCUT2D eigenvalue weighted by Gasteiger charge is 2.16. The number of aromatic nitrogens is 1. The fraction of sp³-hybridized carbons (Fsp3) is 0.0833. The molecule has 144 valence electrons. The Bertz CT molecular complexity index is 1240. The molecule has 4 rings (SSSR count). The first-order chi connectivity index (χ1) is 14.0. The lowest BCUT2D eigenvalue weighted by atomic mass is 10.1. The molecule has 29 heavy (non-hydrogen) atoms. The summed E-state index contributed by atoms with van der Waals surface area (Å²) in [5.74, 6) is -0.306. The first-order valence-corrected chi connectivity index (χ1v) is 10.4. The van der Waals surface area contributed by atoms with Gasteiger partial charge in [0, 0.05) is 17.6 Å². The Labute approximate surface area is 178 Å². The first kappa shape index (κ1) is 19.4. The number of amides is 1. The van der Waals surface area contributed by atoms with Crippen LogP contribution in [0.1, 0.15) is 15.9 Å². The maximum atomic E-state index is 12.7. The minimum atomic E-state index is -0.306. The maximum Gasteiger partial charge on any atom is 0.279 e.